The van der Waals surface area contributed by atoms with Gasteiger partial charge in [-0.25, -0.2) is 0 Å². The van der Waals surface area contributed by atoms with E-state index in [9.17, 15) is 0 Å². The Balaban J connectivity index is 2.26. The Morgan fingerprint density at radius 1 is 1.10 bits per heavy atom. The molecule has 0 aromatic heterocycles. The number of hydrogen-bond donors (Lipinski definition) is 1. The molecule has 2 aromatic carbocycles. The van der Waals surface area contributed by atoms with E-state index in [4.69, 9.17) is 23.2 Å². The molecule has 2 rings (SSSR count). The molecule has 20 heavy (non-hydrogen) atoms. The van der Waals surface area contributed by atoms with E-state index >= 15 is 0 Å². The number of halogens is 3. The lowest BCUT2D eigenvalue weighted by Crippen LogP contribution is -2.19. The Hall–Kier alpha value is -0.540. The topological polar surface area (TPSA) is 12.0 Å². The van der Waals surface area contributed by atoms with Gasteiger partial charge in [-0.05, 0) is 55.3 Å². The highest BCUT2D eigenvalue weighted by Gasteiger charge is 2.13. The van der Waals surface area contributed by atoms with Crippen molar-refractivity contribution in [1.82, 2.24) is 5.32 Å². The number of likely N-dealkylation sites (N-methyl/N-ethyl adjacent to an activating group) is 1. The van der Waals surface area contributed by atoms with Crippen LogP contribution in [0, 0.1) is 6.92 Å². The van der Waals surface area contributed by atoms with E-state index in [1.54, 1.807) is 0 Å². The first-order valence-electron chi connectivity index (χ1n) is 6.38. The zero-order valence-electron chi connectivity index (χ0n) is 11.4. The number of hydrogen-bond acceptors (Lipinski definition) is 1. The molecule has 0 radical (unpaired) electrons. The molecule has 0 heterocycles. The quantitative estimate of drug-likeness (QED) is 0.739. The highest BCUT2D eigenvalue weighted by atomic mass is 79.9. The van der Waals surface area contributed by atoms with Crippen molar-refractivity contribution in [2.75, 3.05) is 7.05 Å². The highest BCUT2D eigenvalue weighted by Crippen LogP contribution is 2.28. The number of benzene rings is 2. The predicted molar refractivity (Wildman–Crippen MR) is 90.8 cm³/mol. The molecule has 0 fully saturated rings. The van der Waals surface area contributed by atoms with Gasteiger partial charge in [0.05, 0.1) is 0 Å². The fourth-order valence-corrected chi connectivity index (χ4v) is 3.06. The molecule has 2 aromatic rings. The first-order chi connectivity index (χ1) is 9.51. The maximum atomic E-state index is 6.29. The van der Waals surface area contributed by atoms with Gasteiger partial charge in [0.25, 0.3) is 0 Å². The maximum Gasteiger partial charge on any atom is 0.0449 e. The zero-order valence-corrected chi connectivity index (χ0v) is 14.5. The van der Waals surface area contributed by atoms with Crippen LogP contribution in [0.4, 0.5) is 0 Å². The van der Waals surface area contributed by atoms with Gasteiger partial charge in [-0.2, -0.15) is 0 Å². The zero-order chi connectivity index (χ0) is 14.7. The van der Waals surface area contributed by atoms with E-state index in [-0.39, 0.29) is 6.04 Å². The molecule has 0 aliphatic heterocycles. The molecule has 0 bridgehead atoms. The molecule has 0 amide bonds. The standard InChI is InChI=1S/C16H16BrCl2N/c1-10-3-4-12(7-14(10)18)16(20-2)8-11-5-6-13(17)9-15(11)19/h3-7,9,16,20H,8H2,1-2H3. The minimum atomic E-state index is 0.187. The van der Waals surface area contributed by atoms with Gasteiger partial charge in [0.15, 0.2) is 0 Å². The smallest absolute Gasteiger partial charge is 0.0449 e. The van der Waals surface area contributed by atoms with Gasteiger partial charge in [-0.15, -0.1) is 0 Å². The van der Waals surface area contributed by atoms with Gasteiger partial charge in [0, 0.05) is 20.6 Å². The van der Waals surface area contributed by atoms with Gasteiger partial charge in [-0.3, -0.25) is 0 Å². The first kappa shape index (κ1) is 15.8. The van der Waals surface area contributed by atoms with Crippen LogP contribution in [-0.4, -0.2) is 7.05 Å². The predicted octanol–water partition coefficient (Wildman–Crippen LogP) is 5.57. The summed E-state index contributed by atoms with van der Waals surface area (Å²) in [7, 11) is 1.95. The molecule has 0 spiro atoms. The van der Waals surface area contributed by atoms with Crippen molar-refractivity contribution in [3.63, 3.8) is 0 Å². The molecule has 0 saturated heterocycles. The highest BCUT2D eigenvalue weighted by molar-refractivity contribution is 9.10. The third-order valence-electron chi connectivity index (χ3n) is 3.39. The Morgan fingerprint density at radius 3 is 2.45 bits per heavy atom. The Morgan fingerprint density at radius 2 is 1.85 bits per heavy atom. The SMILES string of the molecule is CNC(Cc1ccc(Br)cc1Cl)c1ccc(C)c(Cl)c1. The second-order valence-electron chi connectivity index (χ2n) is 4.79. The third kappa shape index (κ3) is 3.76. The summed E-state index contributed by atoms with van der Waals surface area (Å²) < 4.78 is 0.991. The molecule has 0 saturated carbocycles. The molecular weight excluding hydrogens is 357 g/mol. The summed E-state index contributed by atoms with van der Waals surface area (Å²) in [5.74, 6) is 0. The van der Waals surface area contributed by atoms with Crippen molar-refractivity contribution in [3.05, 3.63) is 67.6 Å². The van der Waals surface area contributed by atoms with Crippen molar-refractivity contribution in [1.29, 1.82) is 0 Å². The van der Waals surface area contributed by atoms with E-state index < -0.39 is 0 Å². The van der Waals surface area contributed by atoms with Crippen LogP contribution in [0.5, 0.6) is 0 Å². The van der Waals surface area contributed by atoms with Gasteiger partial charge in [0.1, 0.15) is 0 Å². The Kier molecular flexibility index (Phi) is 5.50. The largest absolute Gasteiger partial charge is 0.313 e. The van der Waals surface area contributed by atoms with Crippen LogP contribution in [0.25, 0.3) is 0 Å². The molecule has 106 valence electrons. The van der Waals surface area contributed by atoms with Crippen molar-refractivity contribution >= 4 is 39.1 Å². The lowest BCUT2D eigenvalue weighted by molar-refractivity contribution is 0.592. The van der Waals surface area contributed by atoms with E-state index in [0.29, 0.717) is 0 Å². The second kappa shape index (κ2) is 6.95. The molecule has 0 aliphatic rings. The van der Waals surface area contributed by atoms with Crippen LogP contribution in [0.2, 0.25) is 10.0 Å². The maximum absolute atomic E-state index is 6.29. The number of aryl methyl sites for hydroxylation is 1. The van der Waals surface area contributed by atoms with E-state index in [1.165, 1.54) is 5.56 Å². The summed E-state index contributed by atoms with van der Waals surface area (Å²) in [6.07, 6.45) is 0.821. The first-order valence-corrected chi connectivity index (χ1v) is 7.93. The summed E-state index contributed by atoms with van der Waals surface area (Å²) in [5.41, 5.74) is 3.37. The minimum Gasteiger partial charge on any atom is -0.313 e. The summed E-state index contributed by atoms with van der Waals surface area (Å²) >= 11 is 15.9. The molecule has 1 atom stereocenters. The normalized spacial score (nSPS) is 12.4. The molecule has 1 unspecified atom stereocenters. The second-order valence-corrected chi connectivity index (χ2v) is 6.52. The number of nitrogens with one attached hydrogen (secondary N) is 1. The Labute approximate surface area is 138 Å². The molecular formula is C16H16BrCl2N. The summed E-state index contributed by atoms with van der Waals surface area (Å²) in [4.78, 5) is 0. The molecule has 1 N–H and O–H groups in total. The average Bonchev–Trinajstić information content (AvgIpc) is 2.41. The lowest BCUT2D eigenvalue weighted by atomic mass is 9.98. The molecule has 4 heteroatoms. The van der Waals surface area contributed by atoms with Crippen LogP contribution >= 0.6 is 39.1 Å². The van der Waals surface area contributed by atoms with Gasteiger partial charge in [-0.1, -0.05) is 57.3 Å². The van der Waals surface area contributed by atoms with Crippen LogP contribution in [0.1, 0.15) is 22.7 Å². The van der Waals surface area contributed by atoms with Crippen molar-refractivity contribution in [2.24, 2.45) is 0 Å². The van der Waals surface area contributed by atoms with E-state index in [2.05, 4.69) is 27.3 Å². The fourth-order valence-electron chi connectivity index (χ4n) is 2.12. The average molecular weight is 373 g/mol. The summed E-state index contributed by atoms with van der Waals surface area (Å²) in [5, 5.41) is 4.90. The van der Waals surface area contributed by atoms with Crippen molar-refractivity contribution < 1.29 is 0 Å². The lowest BCUT2D eigenvalue weighted by Gasteiger charge is -2.18. The van der Waals surface area contributed by atoms with E-state index in [0.717, 1.165) is 32.1 Å². The van der Waals surface area contributed by atoms with Crippen LogP contribution in [-0.2, 0) is 6.42 Å². The molecule has 0 aliphatic carbocycles. The van der Waals surface area contributed by atoms with Crippen molar-refractivity contribution in [2.45, 2.75) is 19.4 Å². The van der Waals surface area contributed by atoms with Gasteiger partial charge in [0.2, 0.25) is 0 Å². The summed E-state index contributed by atoms with van der Waals surface area (Å²) in [6.45, 7) is 2.01. The van der Waals surface area contributed by atoms with Gasteiger partial charge >= 0.3 is 0 Å². The molecule has 1 nitrogen and oxygen atoms in total. The van der Waals surface area contributed by atoms with Crippen LogP contribution in [0.3, 0.4) is 0 Å². The minimum absolute atomic E-state index is 0.187. The fraction of sp³-hybridized carbons (Fsp3) is 0.250. The third-order valence-corrected chi connectivity index (χ3v) is 4.64. The van der Waals surface area contributed by atoms with Gasteiger partial charge < -0.3 is 5.32 Å². The number of rotatable bonds is 4. The van der Waals surface area contributed by atoms with Crippen LogP contribution < -0.4 is 5.32 Å². The van der Waals surface area contributed by atoms with Crippen molar-refractivity contribution in [3.8, 4) is 0 Å². The summed E-state index contributed by atoms with van der Waals surface area (Å²) in [6, 6.07) is 12.3. The van der Waals surface area contributed by atoms with Crippen LogP contribution in [0.15, 0.2) is 40.9 Å². The monoisotopic (exact) mass is 371 g/mol. The Bertz CT molecular complexity index is 613. The van der Waals surface area contributed by atoms with E-state index in [1.807, 2.05) is 44.3 Å².